The lowest BCUT2D eigenvalue weighted by atomic mass is 9.88. The Balaban J connectivity index is 2.00. The van der Waals surface area contributed by atoms with Gasteiger partial charge in [0.2, 0.25) is 5.91 Å². The molecule has 1 saturated heterocycles. The molecule has 1 atom stereocenters. The monoisotopic (exact) mass is 274 g/mol. The van der Waals surface area contributed by atoms with Crippen molar-refractivity contribution < 1.29 is 4.79 Å². The number of carbonyl (C=O) groups is 1. The van der Waals surface area contributed by atoms with E-state index in [2.05, 4.69) is 50.4 Å². The number of benzene rings is 1. The lowest BCUT2D eigenvalue weighted by molar-refractivity contribution is -0.139. The van der Waals surface area contributed by atoms with E-state index in [9.17, 15) is 4.79 Å². The van der Waals surface area contributed by atoms with Gasteiger partial charge < -0.3 is 10.2 Å². The molecule has 0 aliphatic carbocycles. The molecule has 20 heavy (non-hydrogen) atoms. The van der Waals surface area contributed by atoms with E-state index in [1.54, 1.807) is 0 Å². The van der Waals surface area contributed by atoms with Crippen molar-refractivity contribution >= 4 is 5.91 Å². The summed E-state index contributed by atoms with van der Waals surface area (Å²) in [6, 6.07) is 8.59. The number of rotatable bonds is 4. The predicted molar refractivity (Wildman–Crippen MR) is 82.6 cm³/mol. The number of amides is 1. The molecule has 1 aliphatic rings. The molecule has 0 bridgehead atoms. The van der Waals surface area contributed by atoms with Crippen LogP contribution < -0.4 is 5.32 Å². The van der Waals surface area contributed by atoms with Gasteiger partial charge in [0.1, 0.15) is 0 Å². The zero-order valence-electron chi connectivity index (χ0n) is 13.1. The average Bonchev–Trinajstić information content (AvgIpc) is 2.86. The second-order valence-electron chi connectivity index (χ2n) is 6.54. The van der Waals surface area contributed by atoms with Crippen molar-refractivity contribution in [2.24, 2.45) is 5.41 Å². The summed E-state index contributed by atoms with van der Waals surface area (Å²) in [6.07, 6.45) is 0.933. The highest BCUT2D eigenvalue weighted by molar-refractivity contribution is 5.82. The minimum absolute atomic E-state index is 0.230. The maximum absolute atomic E-state index is 12.5. The van der Waals surface area contributed by atoms with Crippen LogP contribution in [0.1, 0.15) is 44.2 Å². The van der Waals surface area contributed by atoms with E-state index in [4.69, 9.17) is 0 Å². The summed E-state index contributed by atoms with van der Waals surface area (Å²) in [4.78, 5) is 14.4. The Kier molecular flexibility index (Phi) is 4.48. The van der Waals surface area contributed by atoms with Crippen molar-refractivity contribution in [2.75, 3.05) is 20.1 Å². The van der Waals surface area contributed by atoms with Crippen LogP contribution >= 0.6 is 0 Å². The molecule has 2 rings (SSSR count). The highest BCUT2D eigenvalue weighted by Crippen LogP contribution is 2.27. The van der Waals surface area contributed by atoms with Gasteiger partial charge >= 0.3 is 0 Å². The van der Waals surface area contributed by atoms with Crippen LogP contribution in [0.5, 0.6) is 0 Å². The zero-order valence-corrected chi connectivity index (χ0v) is 13.1. The maximum atomic E-state index is 12.5. The van der Waals surface area contributed by atoms with Crippen LogP contribution in [0.15, 0.2) is 24.3 Å². The molecule has 110 valence electrons. The van der Waals surface area contributed by atoms with Gasteiger partial charge in [0.25, 0.3) is 0 Å². The standard InChI is InChI=1S/C17H26N2O/c1-13(2)15-7-5-14(6-8-15)11-19(4)16(20)17(3)9-10-18-12-17/h5-8,13,18H,9-12H2,1-4H3. The lowest BCUT2D eigenvalue weighted by Gasteiger charge is -2.28. The zero-order chi connectivity index (χ0) is 14.8. The summed E-state index contributed by atoms with van der Waals surface area (Å²) in [5.41, 5.74) is 2.31. The predicted octanol–water partition coefficient (Wildman–Crippen LogP) is 2.77. The number of carbonyl (C=O) groups excluding carboxylic acids is 1. The molecule has 1 unspecified atom stereocenters. The van der Waals surface area contributed by atoms with Crippen LogP contribution in [-0.4, -0.2) is 30.9 Å². The van der Waals surface area contributed by atoms with E-state index in [-0.39, 0.29) is 11.3 Å². The first-order chi connectivity index (χ1) is 9.42. The molecule has 1 fully saturated rings. The van der Waals surface area contributed by atoms with Crippen molar-refractivity contribution in [1.82, 2.24) is 10.2 Å². The number of nitrogens with one attached hydrogen (secondary N) is 1. The summed E-state index contributed by atoms with van der Waals surface area (Å²) in [7, 11) is 1.91. The van der Waals surface area contributed by atoms with Gasteiger partial charge in [0, 0.05) is 20.1 Å². The van der Waals surface area contributed by atoms with Crippen LogP contribution in [0.4, 0.5) is 0 Å². The van der Waals surface area contributed by atoms with Gasteiger partial charge in [-0.15, -0.1) is 0 Å². The molecule has 1 amide bonds. The number of nitrogens with zero attached hydrogens (tertiary/aromatic N) is 1. The van der Waals surface area contributed by atoms with Crippen molar-refractivity contribution in [3.05, 3.63) is 35.4 Å². The van der Waals surface area contributed by atoms with Crippen molar-refractivity contribution in [3.8, 4) is 0 Å². The second-order valence-corrected chi connectivity index (χ2v) is 6.54. The smallest absolute Gasteiger partial charge is 0.229 e. The molecule has 3 nitrogen and oxygen atoms in total. The van der Waals surface area contributed by atoms with Gasteiger partial charge in [0.15, 0.2) is 0 Å². The van der Waals surface area contributed by atoms with E-state index in [1.807, 2.05) is 11.9 Å². The molecule has 1 N–H and O–H groups in total. The largest absolute Gasteiger partial charge is 0.341 e. The third kappa shape index (κ3) is 3.21. The molecule has 0 saturated carbocycles. The van der Waals surface area contributed by atoms with Crippen LogP contribution in [-0.2, 0) is 11.3 Å². The topological polar surface area (TPSA) is 32.3 Å². The molecule has 1 aliphatic heterocycles. The Morgan fingerprint density at radius 2 is 2.00 bits per heavy atom. The molecule has 0 aromatic heterocycles. The van der Waals surface area contributed by atoms with Crippen LogP contribution in [0.3, 0.4) is 0 Å². The molecule has 1 aromatic rings. The van der Waals surface area contributed by atoms with Gasteiger partial charge in [-0.05, 0) is 36.9 Å². The van der Waals surface area contributed by atoms with Crippen molar-refractivity contribution in [2.45, 2.75) is 39.7 Å². The molecule has 1 aromatic carbocycles. The van der Waals surface area contributed by atoms with E-state index < -0.39 is 0 Å². The summed E-state index contributed by atoms with van der Waals surface area (Å²) in [5.74, 6) is 0.794. The lowest BCUT2D eigenvalue weighted by Crippen LogP contribution is -2.41. The van der Waals surface area contributed by atoms with Crippen LogP contribution in [0, 0.1) is 5.41 Å². The van der Waals surface area contributed by atoms with E-state index in [1.165, 1.54) is 11.1 Å². The first-order valence-electron chi connectivity index (χ1n) is 7.47. The quantitative estimate of drug-likeness (QED) is 0.915. The fourth-order valence-electron chi connectivity index (χ4n) is 2.81. The Labute approximate surface area is 122 Å². The van der Waals surface area contributed by atoms with Gasteiger partial charge in [-0.3, -0.25) is 4.79 Å². The molecule has 3 heteroatoms. The minimum atomic E-state index is -0.230. The van der Waals surface area contributed by atoms with Crippen molar-refractivity contribution in [3.63, 3.8) is 0 Å². The fraction of sp³-hybridized carbons (Fsp3) is 0.588. The Morgan fingerprint density at radius 1 is 1.35 bits per heavy atom. The van der Waals surface area contributed by atoms with E-state index in [0.29, 0.717) is 12.5 Å². The van der Waals surface area contributed by atoms with Crippen LogP contribution in [0.25, 0.3) is 0 Å². The van der Waals surface area contributed by atoms with E-state index in [0.717, 1.165) is 19.5 Å². The fourth-order valence-corrected chi connectivity index (χ4v) is 2.81. The Bertz CT molecular complexity index is 458. The summed E-state index contributed by atoms with van der Waals surface area (Å²) in [6.45, 7) is 8.87. The molecule has 0 radical (unpaired) electrons. The SMILES string of the molecule is CC(C)c1ccc(CN(C)C(=O)C2(C)CCNC2)cc1. The number of hydrogen-bond donors (Lipinski definition) is 1. The Morgan fingerprint density at radius 3 is 2.50 bits per heavy atom. The molecular formula is C17H26N2O. The van der Waals surface area contributed by atoms with E-state index >= 15 is 0 Å². The third-order valence-corrected chi connectivity index (χ3v) is 4.30. The highest BCUT2D eigenvalue weighted by Gasteiger charge is 2.38. The van der Waals surface area contributed by atoms with Gasteiger partial charge in [-0.25, -0.2) is 0 Å². The third-order valence-electron chi connectivity index (χ3n) is 4.30. The molecule has 1 heterocycles. The normalized spacial score (nSPS) is 22.2. The average molecular weight is 274 g/mol. The molecule has 0 spiro atoms. The van der Waals surface area contributed by atoms with Gasteiger partial charge in [0.05, 0.1) is 5.41 Å². The highest BCUT2D eigenvalue weighted by atomic mass is 16.2. The summed E-state index contributed by atoms with van der Waals surface area (Å²) >= 11 is 0. The minimum Gasteiger partial charge on any atom is -0.341 e. The van der Waals surface area contributed by atoms with Crippen LogP contribution in [0.2, 0.25) is 0 Å². The summed E-state index contributed by atoms with van der Waals surface area (Å²) in [5, 5.41) is 3.28. The second kappa shape index (κ2) is 5.96. The Hall–Kier alpha value is -1.35. The maximum Gasteiger partial charge on any atom is 0.229 e. The van der Waals surface area contributed by atoms with Gasteiger partial charge in [-0.2, -0.15) is 0 Å². The van der Waals surface area contributed by atoms with Crippen molar-refractivity contribution in [1.29, 1.82) is 0 Å². The number of hydrogen-bond acceptors (Lipinski definition) is 2. The first-order valence-corrected chi connectivity index (χ1v) is 7.47. The molecular weight excluding hydrogens is 248 g/mol. The summed E-state index contributed by atoms with van der Waals surface area (Å²) < 4.78 is 0. The first kappa shape index (κ1) is 15.0. The van der Waals surface area contributed by atoms with Gasteiger partial charge in [-0.1, -0.05) is 38.1 Å².